The van der Waals surface area contributed by atoms with Gasteiger partial charge < -0.3 is 5.11 Å². The number of hydrogen-bond donors (Lipinski definition) is 1. The van der Waals surface area contributed by atoms with Crippen LogP contribution in [0.2, 0.25) is 10.0 Å². The third-order valence-corrected chi connectivity index (χ3v) is 4.61. The number of carboxylic acids is 1. The largest absolute Gasteiger partial charge is 0.477 e. The summed E-state index contributed by atoms with van der Waals surface area (Å²) in [6.07, 6.45) is 0. The number of hydrogen-bond acceptors (Lipinski definition) is 3. The minimum Gasteiger partial charge on any atom is -0.477 e. The first-order valence-electron chi connectivity index (χ1n) is 5.91. The molecule has 2 aromatic rings. The normalized spacial score (nSPS) is 11.7. The number of halogens is 2. The third-order valence-electron chi connectivity index (χ3n) is 2.71. The molecule has 0 bridgehead atoms. The maximum Gasteiger partial charge on any atom is 0.347 e. The van der Waals surface area contributed by atoms with Gasteiger partial charge in [-0.25, -0.2) is 9.78 Å². The highest BCUT2D eigenvalue weighted by molar-refractivity contribution is 7.17. The van der Waals surface area contributed by atoms with Crippen molar-refractivity contribution < 1.29 is 9.90 Å². The smallest absolute Gasteiger partial charge is 0.347 e. The van der Waals surface area contributed by atoms with E-state index < -0.39 is 5.97 Å². The minimum absolute atomic E-state index is 0.239. The number of aromatic carboxylic acids is 1. The summed E-state index contributed by atoms with van der Waals surface area (Å²) in [6, 6.07) is 5.23. The topological polar surface area (TPSA) is 50.2 Å². The molecule has 0 unspecified atom stereocenters. The number of thiazole rings is 1. The van der Waals surface area contributed by atoms with Crippen LogP contribution in [0.3, 0.4) is 0 Å². The van der Waals surface area contributed by atoms with Crippen LogP contribution in [-0.2, 0) is 5.41 Å². The van der Waals surface area contributed by atoms with Crippen LogP contribution in [0.1, 0.15) is 36.1 Å². The molecule has 3 nitrogen and oxygen atoms in total. The molecule has 0 spiro atoms. The Morgan fingerprint density at radius 2 is 1.95 bits per heavy atom. The second-order valence-corrected chi connectivity index (χ2v) is 7.14. The fourth-order valence-electron chi connectivity index (χ4n) is 1.76. The van der Waals surface area contributed by atoms with Crippen LogP contribution < -0.4 is 0 Å². The Morgan fingerprint density at radius 1 is 1.30 bits per heavy atom. The lowest BCUT2D eigenvalue weighted by molar-refractivity contribution is 0.0699. The molecule has 0 aliphatic carbocycles. The maximum atomic E-state index is 11.4. The van der Waals surface area contributed by atoms with Crippen LogP contribution in [0.25, 0.3) is 10.6 Å². The second kappa shape index (κ2) is 5.35. The summed E-state index contributed by atoms with van der Waals surface area (Å²) in [6.45, 7) is 5.79. The van der Waals surface area contributed by atoms with Crippen molar-refractivity contribution in [1.82, 2.24) is 4.98 Å². The van der Waals surface area contributed by atoms with Crippen LogP contribution in [0, 0.1) is 0 Å². The molecule has 1 N–H and O–H groups in total. The monoisotopic (exact) mass is 329 g/mol. The summed E-state index contributed by atoms with van der Waals surface area (Å²) in [5.74, 6) is -0.975. The first-order chi connectivity index (χ1) is 9.21. The molecule has 2 rings (SSSR count). The van der Waals surface area contributed by atoms with E-state index in [9.17, 15) is 9.90 Å². The summed E-state index contributed by atoms with van der Waals surface area (Å²) in [5.41, 5.74) is 0.858. The fourth-order valence-corrected chi connectivity index (χ4v) is 3.35. The van der Waals surface area contributed by atoms with Gasteiger partial charge in [-0.15, -0.1) is 11.3 Å². The number of benzene rings is 1. The zero-order valence-corrected chi connectivity index (χ0v) is 13.5. The molecule has 1 aromatic carbocycles. The van der Waals surface area contributed by atoms with Crippen LogP contribution in [-0.4, -0.2) is 16.1 Å². The van der Waals surface area contributed by atoms with E-state index in [0.29, 0.717) is 26.3 Å². The van der Waals surface area contributed by atoms with E-state index in [0.717, 1.165) is 11.3 Å². The summed E-state index contributed by atoms with van der Waals surface area (Å²) < 4.78 is 0. The maximum absolute atomic E-state index is 11.4. The van der Waals surface area contributed by atoms with Gasteiger partial charge in [0.2, 0.25) is 0 Å². The highest BCUT2D eigenvalue weighted by Gasteiger charge is 2.27. The molecular formula is C14H13Cl2NO2S. The molecule has 0 saturated carbocycles. The molecule has 6 heteroatoms. The molecule has 1 aromatic heterocycles. The van der Waals surface area contributed by atoms with Crippen LogP contribution in [0.5, 0.6) is 0 Å². The van der Waals surface area contributed by atoms with E-state index in [1.165, 1.54) is 0 Å². The van der Waals surface area contributed by atoms with Gasteiger partial charge in [-0.05, 0) is 6.07 Å². The molecule has 0 aliphatic heterocycles. The lowest BCUT2D eigenvalue weighted by Gasteiger charge is -2.16. The van der Waals surface area contributed by atoms with Crippen molar-refractivity contribution in [2.24, 2.45) is 0 Å². The molecule has 0 fully saturated rings. The van der Waals surface area contributed by atoms with Crippen molar-refractivity contribution in [3.05, 3.63) is 38.8 Å². The van der Waals surface area contributed by atoms with Crippen molar-refractivity contribution in [3.63, 3.8) is 0 Å². The van der Waals surface area contributed by atoms with E-state index in [-0.39, 0.29) is 10.3 Å². The molecule has 0 amide bonds. The number of carboxylic acid groups (broad SMARTS) is 1. The number of carbonyl (C=O) groups is 1. The average Bonchev–Trinajstić information content (AvgIpc) is 2.77. The highest BCUT2D eigenvalue weighted by atomic mass is 35.5. The van der Waals surface area contributed by atoms with Crippen molar-refractivity contribution >= 4 is 40.5 Å². The molecule has 0 atom stereocenters. The summed E-state index contributed by atoms with van der Waals surface area (Å²) in [4.78, 5) is 16.1. The number of nitrogens with zero attached hydrogens (tertiary/aromatic N) is 1. The number of rotatable bonds is 2. The minimum atomic E-state index is -0.975. The van der Waals surface area contributed by atoms with E-state index in [1.807, 2.05) is 20.8 Å². The van der Waals surface area contributed by atoms with Crippen LogP contribution in [0.4, 0.5) is 0 Å². The molecule has 0 radical (unpaired) electrons. The molecular weight excluding hydrogens is 317 g/mol. The standard InChI is InChI=1S/C14H13Cl2NO2S/c1-14(2,3)11-10(13(18)19)20-12(17-11)7-5-4-6-8(15)9(7)16/h4-6H,1-3H3,(H,18,19). The predicted octanol–water partition coefficient (Wildman–Crippen LogP) is 5.11. The molecule has 106 valence electrons. The van der Waals surface area contributed by atoms with E-state index in [2.05, 4.69) is 4.98 Å². The lowest BCUT2D eigenvalue weighted by Crippen LogP contribution is -2.16. The third kappa shape index (κ3) is 2.82. The molecule has 1 heterocycles. The van der Waals surface area contributed by atoms with E-state index in [1.54, 1.807) is 18.2 Å². The summed E-state index contributed by atoms with van der Waals surface area (Å²) in [7, 11) is 0. The Labute approximate surface area is 131 Å². The Kier molecular flexibility index (Phi) is 4.09. The molecule has 0 aliphatic rings. The second-order valence-electron chi connectivity index (χ2n) is 5.35. The quantitative estimate of drug-likeness (QED) is 0.832. The summed E-state index contributed by atoms with van der Waals surface area (Å²) in [5, 5.41) is 10.7. The Balaban J connectivity index is 2.65. The zero-order valence-electron chi connectivity index (χ0n) is 11.2. The Bertz CT molecular complexity index is 674. The van der Waals surface area contributed by atoms with Crippen molar-refractivity contribution in [2.75, 3.05) is 0 Å². The molecule has 0 saturated heterocycles. The summed E-state index contributed by atoms with van der Waals surface area (Å²) >= 11 is 13.3. The Morgan fingerprint density at radius 3 is 2.45 bits per heavy atom. The Hall–Kier alpha value is -1.10. The van der Waals surface area contributed by atoms with E-state index in [4.69, 9.17) is 23.2 Å². The fraction of sp³-hybridized carbons (Fsp3) is 0.286. The average molecular weight is 330 g/mol. The van der Waals surface area contributed by atoms with Crippen LogP contribution in [0.15, 0.2) is 18.2 Å². The van der Waals surface area contributed by atoms with Gasteiger partial charge in [0.25, 0.3) is 0 Å². The van der Waals surface area contributed by atoms with Crippen molar-refractivity contribution in [3.8, 4) is 10.6 Å². The predicted molar refractivity (Wildman–Crippen MR) is 83.2 cm³/mol. The SMILES string of the molecule is CC(C)(C)c1nc(-c2cccc(Cl)c2Cl)sc1C(=O)O. The van der Waals surface area contributed by atoms with Gasteiger partial charge in [-0.2, -0.15) is 0 Å². The van der Waals surface area contributed by atoms with Gasteiger partial charge in [-0.1, -0.05) is 56.1 Å². The first-order valence-corrected chi connectivity index (χ1v) is 7.48. The number of aromatic nitrogens is 1. The zero-order chi connectivity index (χ0) is 15.1. The van der Waals surface area contributed by atoms with Crippen molar-refractivity contribution in [2.45, 2.75) is 26.2 Å². The highest BCUT2D eigenvalue weighted by Crippen LogP contribution is 2.39. The van der Waals surface area contributed by atoms with Gasteiger partial charge >= 0.3 is 5.97 Å². The lowest BCUT2D eigenvalue weighted by atomic mass is 9.91. The van der Waals surface area contributed by atoms with Gasteiger partial charge in [0.05, 0.1) is 15.7 Å². The molecule has 20 heavy (non-hydrogen) atoms. The van der Waals surface area contributed by atoms with E-state index >= 15 is 0 Å². The van der Waals surface area contributed by atoms with Crippen LogP contribution >= 0.6 is 34.5 Å². The van der Waals surface area contributed by atoms with Gasteiger partial charge in [0.15, 0.2) is 0 Å². The van der Waals surface area contributed by atoms with Gasteiger partial charge in [0, 0.05) is 11.0 Å². The first kappa shape index (κ1) is 15.3. The van der Waals surface area contributed by atoms with Gasteiger partial charge in [0.1, 0.15) is 9.88 Å². The van der Waals surface area contributed by atoms with Gasteiger partial charge in [-0.3, -0.25) is 0 Å². The van der Waals surface area contributed by atoms with Crippen molar-refractivity contribution in [1.29, 1.82) is 0 Å².